The van der Waals surface area contributed by atoms with Gasteiger partial charge in [0.2, 0.25) is 6.10 Å². The van der Waals surface area contributed by atoms with Gasteiger partial charge in [0.05, 0.1) is 13.2 Å². The number of unbranched alkanes of at least 4 members (excludes halogenated alkanes) is 8. The molecule has 0 saturated carbocycles. The maximum atomic E-state index is 11.8. The predicted molar refractivity (Wildman–Crippen MR) is 102 cm³/mol. The van der Waals surface area contributed by atoms with Crippen LogP contribution in [-0.2, 0) is 28.5 Å². The van der Waals surface area contributed by atoms with Crippen LogP contribution in [0, 0.1) is 0 Å². The lowest BCUT2D eigenvalue weighted by atomic mass is 10.2. The van der Waals surface area contributed by atoms with Crippen LogP contribution >= 0.6 is 0 Å². The van der Waals surface area contributed by atoms with E-state index in [1.165, 1.54) is 0 Å². The number of ether oxygens (including phenoxy) is 5. The summed E-state index contributed by atoms with van der Waals surface area (Å²) in [6.07, 6.45) is 2.79. The van der Waals surface area contributed by atoms with Crippen molar-refractivity contribution in [2.45, 2.75) is 96.6 Å². The maximum absolute atomic E-state index is 11.8. The molecule has 0 unspecified atom stereocenters. The Balaban J connectivity index is 2.32. The largest absolute Gasteiger partial charge is 0.511 e. The second-order valence-electron chi connectivity index (χ2n) is 6.98. The molecule has 1 saturated heterocycles. The Labute approximate surface area is 172 Å². The van der Waals surface area contributed by atoms with Crippen molar-refractivity contribution in [3.63, 3.8) is 0 Å². The third kappa shape index (κ3) is 10.3. The van der Waals surface area contributed by atoms with Crippen LogP contribution in [0.2, 0.25) is 0 Å². The van der Waals surface area contributed by atoms with E-state index in [-0.39, 0.29) is 13.2 Å². The van der Waals surface area contributed by atoms with Gasteiger partial charge in [0.25, 0.3) is 6.29 Å². The Morgan fingerprint density at radius 3 is 1.83 bits per heavy atom. The van der Waals surface area contributed by atoms with Crippen molar-refractivity contribution < 1.29 is 43.2 Å². The first-order valence-corrected chi connectivity index (χ1v) is 10.5. The summed E-state index contributed by atoms with van der Waals surface area (Å²) < 4.78 is 24.4. The van der Waals surface area contributed by atoms with Gasteiger partial charge in [-0.25, -0.2) is 14.4 Å². The Hall–Kier alpha value is -2.03. The lowest BCUT2D eigenvalue weighted by Crippen LogP contribution is -2.38. The fourth-order valence-electron chi connectivity index (χ4n) is 2.74. The van der Waals surface area contributed by atoms with Crippen molar-refractivity contribution in [2.24, 2.45) is 0 Å². The number of aliphatic hydroxyl groups is 1. The number of hydrogen-bond donors (Lipinski definition) is 1. The molecule has 1 aliphatic heterocycles. The minimum Gasteiger partial charge on any atom is -0.434 e. The van der Waals surface area contributed by atoms with Gasteiger partial charge in [-0.2, -0.15) is 0 Å². The van der Waals surface area contributed by atoms with Crippen molar-refractivity contribution in [3.8, 4) is 0 Å². The number of rotatable bonds is 14. The normalized spacial score (nSPS) is 20.8. The molecule has 29 heavy (non-hydrogen) atoms. The van der Waals surface area contributed by atoms with Crippen LogP contribution in [0.3, 0.4) is 0 Å². The molecule has 0 radical (unpaired) electrons. The molecule has 0 aromatic carbocycles. The van der Waals surface area contributed by atoms with Crippen LogP contribution in [0.15, 0.2) is 0 Å². The SMILES string of the molecule is CCCCCCCOC(=O)O[C@H]1OC(=O)[C@H](O)[C@@H]1OC(=O)OCCCCCCC. The summed E-state index contributed by atoms with van der Waals surface area (Å²) in [5, 5.41) is 9.82. The van der Waals surface area contributed by atoms with Gasteiger partial charge >= 0.3 is 18.3 Å². The molecular formula is C20H34O9. The highest BCUT2D eigenvalue weighted by Crippen LogP contribution is 2.22. The minimum atomic E-state index is -1.76. The monoisotopic (exact) mass is 418 g/mol. The van der Waals surface area contributed by atoms with Crippen molar-refractivity contribution in [2.75, 3.05) is 13.2 Å². The van der Waals surface area contributed by atoms with E-state index >= 15 is 0 Å². The van der Waals surface area contributed by atoms with Gasteiger partial charge in [0, 0.05) is 0 Å². The number of carbonyl (C=O) groups excluding carboxylic acids is 3. The molecule has 0 aromatic rings. The van der Waals surface area contributed by atoms with Crippen molar-refractivity contribution in [3.05, 3.63) is 0 Å². The lowest BCUT2D eigenvalue weighted by molar-refractivity contribution is -0.165. The molecule has 9 heteroatoms. The standard InChI is InChI=1S/C20H34O9/c1-3-5-7-9-11-13-25-19(23)27-16-15(21)17(22)28-18(16)29-20(24)26-14-12-10-8-6-4-2/h15-16,18,21H,3-14H2,1-2H3/t15-,16+,18-/m1/s1. The highest BCUT2D eigenvalue weighted by Gasteiger charge is 2.49. The zero-order valence-corrected chi connectivity index (χ0v) is 17.4. The van der Waals surface area contributed by atoms with Crippen molar-refractivity contribution in [1.29, 1.82) is 0 Å². The quantitative estimate of drug-likeness (QED) is 0.255. The average molecular weight is 418 g/mol. The van der Waals surface area contributed by atoms with Crippen LogP contribution in [0.25, 0.3) is 0 Å². The third-order valence-electron chi connectivity index (χ3n) is 4.43. The zero-order chi connectivity index (χ0) is 21.5. The van der Waals surface area contributed by atoms with E-state index in [0.717, 1.165) is 51.4 Å². The molecule has 1 heterocycles. The Morgan fingerprint density at radius 1 is 0.828 bits per heavy atom. The second kappa shape index (κ2) is 14.9. The van der Waals surface area contributed by atoms with E-state index in [4.69, 9.17) is 23.7 Å². The van der Waals surface area contributed by atoms with Crippen molar-refractivity contribution in [1.82, 2.24) is 0 Å². The molecule has 1 fully saturated rings. The van der Waals surface area contributed by atoms with Gasteiger partial charge in [-0.05, 0) is 12.8 Å². The van der Waals surface area contributed by atoms with E-state index in [2.05, 4.69) is 13.8 Å². The second-order valence-corrected chi connectivity index (χ2v) is 6.98. The molecule has 9 nitrogen and oxygen atoms in total. The van der Waals surface area contributed by atoms with Crippen LogP contribution in [0.5, 0.6) is 0 Å². The van der Waals surface area contributed by atoms with Crippen molar-refractivity contribution >= 4 is 18.3 Å². The molecule has 3 atom stereocenters. The Bertz CT molecular complexity index is 494. The summed E-state index contributed by atoms with van der Waals surface area (Å²) in [7, 11) is 0. The molecule has 0 aliphatic carbocycles. The van der Waals surface area contributed by atoms with Crippen LogP contribution in [0.1, 0.15) is 78.1 Å². The summed E-state index contributed by atoms with van der Waals surface area (Å²) in [6.45, 7) is 4.53. The fourth-order valence-corrected chi connectivity index (χ4v) is 2.74. The van der Waals surface area contributed by atoms with Crippen LogP contribution in [0.4, 0.5) is 9.59 Å². The lowest BCUT2D eigenvalue weighted by Gasteiger charge is -2.18. The van der Waals surface area contributed by atoms with E-state index in [0.29, 0.717) is 12.8 Å². The predicted octanol–water partition coefficient (Wildman–Crippen LogP) is 3.85. The van der Waals surface area contributed by atoms with E-state index in [1.54, 1.807) is 0 Å². The summed E-state index contributed by atoms with van der Waals surface area (Å²) in [5.74, 6) is -1.06. The molecule has 1 N–H and O–H groups in total. The number of carbonyl (C=O) groups is 3. The molecule has 168 valence electrons. The molecule has 0 aromatic heterocycles. The summed E-state index contributed by atoms with van der Waals surface area (Å²) in [5.41, 5.74) is 0. The van der Waals surface area contributed by atoms with Crippen LogP contribution in [-0.4, -0.2) is 55.1 Å². The number of hydrogen-bond acceptors (Lipinski definition) is 9. The molecular weight excluding hydrogens is 384 g/mol. The van der Waals surface area contributed by atoms with Gasteiger partial charge in [0.1, 0.15) is 0 Å². The first-order chi connectivity index (χ1) is 14.0. The van der Waals surface area contributed by atoms with E-state index in [1.807, 2.05) is 0 Å². The Morgan fingerprint density at radius 2 is 1.31 bits per heavy atom. The van der Waals surface area contributed by atoms with Crippen LogP contribution < -0.4 is 0 Å². The number of aliphatic hydroxyl groups excluding tert-OH is 1. The maximum Gasteiger partial charge on any atom is 0.511 e. The van der Waals surface area contributed by atoms with E-state index < -0.39 is 36.8 Å². The van der Waals surface area contributed by atoms with Gasteiger partial charge in [-0.3, -0.25) is 0 Å². The van der Waals surface area contributed by atoms with Gasteiger partial charge in [-0.1, -0.05) is 65.2 Å². The average Bonchev–Trinajstić information content (AvgIpc) is 2.94. The molecule has 0 bridgehead atoms. The summed E-state index contributed by atoms with van der Waals surface area (Å²) >= 11 is 0. The minimum absolute atomic E-state index is 0.158. The van der Waals surface area contributed by atoms with Gasteiger partial charge < -0.3 is 28.8 Å². The highest BCUT2D eigenvalue weighted by atomic mass is 16.8. The molecule has 0 amide bonds. The molecule has 0 spiro atoms. The molecule has 1 rings (SSSR count). The number of cyclic esters (lactones) is 1. The Kier molecular flexibility index (Phi) is 12.8. The number of esters is 1. The highest BCUT2D eigenvalue weighted by molar-refractivity contribution is 5.78. The molecule has 1 aliphatic rings. The fraction of sp³-hybridized carbons (Fsp3) is 0.850. The van der Waals surface area contributed by atoms with Gasteiger partial charge in [0.15, 0.2) is 6.10 Å². The zero-order valence-electron chi connectivity index (χ0n) is 17.4. The first kappa shape index (κ1) is 25.0. The van der Waals surface area contributed by atoms with E-state index in [9.17, 15) is 19.5 Å². The smallest absolute Gasteiger partial charge is 0.434 e. The topological polar surface area (TPSA) is 118 Å². The summed E-state index contributed by atoms with van der Waals surface area (Å²) in [6, 6.07) is 0. The third-order valence-corrected chi connectivity index (χ3v) is 4.43. The first-order valence-electron chi connectivity index (χ1n) is 10.5. The van der Waals surface area contributed by atoms with Gasteiger partial charge in [-0.15, -0.1) is 0 Å². The summed E-state index contributed by atoms with van der Waals surface area (Å²) in [4.78, 5) is 35.1.